The molecule has 0 saturated heterocycles. The highest BCUT2D eigenvalue weighted by atomic mass is 19.4. The first kappa shape index (κ1) is 17.5. The predicted octanol–water partition coefficient (Wildman–Crippen LogP) is 3.53. The fourth-order valence-electron chi connectivity index (χ4n) is 1.78. The Labute approximate surface area is 102 Å². The van der Waals surface area contributed by atoms with Crippen molar-refractivity contribution in [1.82, 2.24) is 5.43 Å². The molecule has 0 fully saturated rings. The summed E-state index contributed by atoms with van der Waals surface area (Å²) < 4.78 is 74.5. The maximum absolute atomic E-state index is 12.4. The Morgan fingerprint density at radius 1 is 0.944 bits per heavy atom. The molecule has 110 valence electrons. The van der Waals surface area contributed by atoms with Gasteiger partial charge in [-0.1, -0.05) is 32.6 Å². The first-order chi connectivity index (χ1) is 8.14. The van der Waals surface area contributed by atoms with Crippen molar-refractivity contribution in [1.29, 1.82) is 0 Å². The van der Waals surface area contributed by atoms with Crippen molar-refractivity contribution in [2.75, 3.05) is 0 Å². The second-order valence-corrected chi connectivity index (χ2v) is 4.18. The normalized spacial score (nSPS) is 15.2. The van der Waals surface area contributed by atoms with E-state index in [-0.39, 0.29) is 12.8 Å². The second kappa shape index (κ2) is 7.18. The van der Waals surface area contributed by atoms with Gasteiger partial charge in [-0.3, -0.25) is 11.3 Å². The van der Waals surface area contributed by atoms with E-state index in [0.29, 0.717) is 6.42 Å². The van der Waals surface area contributed by atoms with Gasteiger partial charge in [-0.2, -0.15) is 26.3 Å². The maximum atomic E-state index is 12.4. The van der Waals surface area contributed by atoms with Crippen molar-refractivity contribution in [3.05, 3.63) is 0 Å². The Hall–Kier alpha value is -0.500. The Bertz CT molecular complexity index is 211. The maximum Gasteiger partial charge on any atom is 0.402 e. The number of alkyl halides is 6. The molecule has 0 aliphatic carbocycles. The summed E-state index contributed by atoms with van der Waals surface area (Å²) in [7, 11) is 0. The third kappa shape index (κ3) is 5.90. The Morgan fingerprint density at radius 3 is 1.78 bits per heavy atom. The molecule has 2 nitrogen and oxygen atoms in total. The zero-order chi connectivity index (χ0) is 14.4. The summed E-state index contributed by atoms with van der Waals surface area (Å²) in [6.07, 6.45) is -8.44. The second-order valence-electron chi connectivity index (χ2n) is 4.18. The number of rotatable bonds is 7. The Morgan fingerprint density at radius 2 is 1.44 bits per heavy atom. The highest BCUT2D eigenvalue weighted by molar-refractivity contribution is 4.85. The largest absolute Gasteiger partial charge is 0.402 e. The lowest BCUT2D eigenvalue weighted by atomic mass is 9.93. The Balaban J connectivity index is 4.64. The SMILES string of the molecule is CCCCCCC(NN)C(C(F)(F)F)C(F)(F)F. The molecule has 0 aliphatic rings. The summed E-state index contributed by atoms with van der Waals surface area (Å²) in [5, 5.41) is 0. The Kier molecular flexibility index (Phi) is 6.98. The molecule has 0 aromatic rings. The number of hydrogen-bond acceptors (Lipinski definition) is 2. The van der Waals surface area contributed by atoms with Crippen LogP contribution in [0.15, 0.2) is 0 Å². The summed E-state index contributed by atoms with van der Waals surface area (Å²) in [4.78, 5) is 0. The molecular formula is C10H18F6N2. The molecule has 0 radical (unpaired) electrons. The lowest BCUT2D eigenvalue weighted by Gasteiger charge is -2.30. The topological polar surface area (TPSA) is 38.0 Å². The molecule has 0 aliphatic heterocycles. The molecule has 18 heavy (non-hydrogen) atoms. The monoisotopic (exact) mass is 280 g/mol. The van der Waals surface area contributed by atoms with Gasteiger partial charge in [-0.25, -0.2) is 0 Å². The van der Waals surface area contributed by atoms with Crippen LogP contribution < -0.4 is 11.3 Å². The van der Waals surface area contributed by atoms with Crippen LogP contribution in [0.5, 0.6) is 0 Å². The number of hydrogen-bond donors (Lipinski definition) is 2. The molecule has 0 spiro atoms. The fraction of sp³-hybridized carbons (Fsp3) is 1.00. The molecule has 0 bridgehead atoms. The van der Waals surface area contributed by atoms with E-state index in [1.807, 2.05) is 6.92 Å². The van der Waals surface area contributed by atoms with Gasteiger partial charge in [0.15, 0.2) is 5.92 Å². The molecule has 0 rings (SSSR count). The van der Waals surface area contributed by atoms with Crippen LogP contribution in [0.3, 0.4) is 0 Å². The molecule has 0 aromatic heterocycles. The highest BCUT2D eigenvalue weighted by Gasteiger charge is 2.59. The summed E-state index contributed by atoms with van der Waals surface area (Å²) in [5.74, 6) is 1.41. The lowest BCUT2D eigenvalue weighted by molar-refractivity contribution is -0.292. The zero-order valence-electron chi connectivity index (χ0n) is 10.0. The van der Waals surface area contributed by atoms with E-state index in [1.165, 1.54) is 0 Å². The minimum absolute atomic E-state index is 0.250. The molecule has 1 unspecified atom stereocenters. The third-order valence-corrected chi connectivity index (χ3v) is 2.69. The van der Waals surface area contributed by atoms with E-state index in [9.17, 15) is 26.3 Å². The van der Waals surface area contributed by atoms with Gasteiger partial charge >= 0.3 is 12.4 Å². The standard InChI is InChI=1S/C10H18F6N2/c1-2-3-4-5-6-7(18-17)8(9(11,12)13)10(14,15)16/h7-8,18H,2-6,17H2,1H3. The van der Waals surface area contributed by atoms with Gasteiger partial charge in [-0.05, 0) is 6.42 Å². The van der Waals surface area contributed by atoms with Gasteiger partial charge in [-0.15, -0.1) is 0 Å². The average Bonchev–Trinajstić information content (AvgIpc) is 2.18. The molecule has 1 atom stereocenters. The van der Waals surface area contributed by atoms with Crippen molar-refractivity contribution in [2.45, 2.75) is 57.4 Å². The van der Waals surface area contributed by atoms with E-state index < -0.39 is 24.3 Å². The van der Waals surface area contributed by atoms with Crippen LogP contribution in [0.4, 0.5) is 26.3 Å². The van der Waals surface area contributed by atoms with Gasteiger partial charge in [0, 0.05) is 6.04 Å². The molecule has 8 heteroatoms. The van der Waals surface area contributed by atoms with Gasteiger partial charge < -0.3 is 0 Å². The van der Waals surface area contributed by atoms with E-state index >= 15 is 0 Å². The van der Waals surface area contributed by atoms with Crippen molar-refractivity contribution in [2.24, 2.45) is 11.8 Å². The van der Waals surface area contributed by atoms with Crippen molar-refractivity contribution in [3.8, 4) is 0 Å². The molecule has 0 heterocycles. The summed E-state index contributed by atoms with van der Waals surface area (Å²) >= 11 is 0. The molecule has 0 aromatic carbocycles. The number of nitrogens with one attached hydrogen (secondary N) is 1. The van der Waals surface area contributed by atoms with Crippen molar-refractivity contribution >= 4 is 0 Å². The van der Waals surface area contributed by atoms with Crippen LogP contribution in [-0.4, -0.2) is 18.4 Å². The summed E-state index contributed by atoms with van der Waals surface area (Å²) in [5.41, 5.74) is 1.65. The van der Waals surface area contributed by atoms with Crippen LogP contribution in [-0.2, 0) is 0 Å². The first-order valence-electron chi connectivity index (χ1n) is 5.74. The van der Waals surface area contributed by atoms with E-state index in [4.69, 9.17) is 5.84 Å². The quantitative estimate of drug-likeness (QED) is 0.324. The van der Waals surface area contributed by atoms with E-state index in [2.05, 4.69) is 0 Å². The highest BCUT2D eigenvalue weighted by Crippen LogP contribution is 2.42. The van der Waals surface area contributed by atoms with Crippen LogP contribution in [0.2, 0.25) is 0 Å². The van der Waals surface area contributed by atoms with Crippen LogP contribution >= 0.6 is 0 Å². The van der Waals surface area contributed by atoms with Crippen LogP contribution in [0.25, 0.3) is 0 Å². The summed E-state index contributed by atoms with van der Waals surface area (Å²) in [6.45, 7) is 1.90. The number of hydrazine groups is 1. The molecule has 0 amide bonds. The third-order valence-electron chi connectivity index (χ3n) is 2.69. The van der Waals surface area contributed by atoms with E-state index in [1.54, 1.807) is 5.43 Å². The fourth-order valence-corrected chi connectivity index (χ4v) is 1.78. The molecule has 0 saturated carbocycles. The average molecular weight is 280 g/mol. The molecule has 3 N–H and O–H groups in total. The van der Waals surface area contributed by atoms with Gasteiger partial charge in [0.2, 0.25) is 0 Å². The van der Waals surface area contributed by atoms with Crippen molar-refractivity contribution in [3.63, 3.8) is 0 Å². The molecular weight excluding hydrogens is 262 g/mol. The smallest absolute Gasteiger partial charge is 0.271 e. The van der Waals surface area contributed by atoms with Crippen LogP contribution in [0, 0.1) is 5.92 Å². The lowest BCUT2D eigenvalue weighted by Crippen LogP contribution is -2.53. The van der Waals surface area contributed by atoms with Gasteiger partial charge in [0.05, 0.1) is 0 Å². The zero-order valence-corrected chi connectivity index (χ0v) is 10.0. The minimum atomic E-state index is -5.35. The van der Waals surface area contributed by atoms with Gasteiger partial charge in [0.1, 0.15) is 0 Å². The minimum Gasteiger partial charge on any atom is -0.271 e. The number of halogens is 6. The van der Waals surface area contributed by atoms with Gasteiger partial charge in [0.25, 0.3) is 0 Å². The number of unbranched alkanes of at least 4 members (excludes halogenated alkanes) is 3. The first-order valence-corrected chi connectivity index (χ1v) is 5.74. The number of nitrogens with two attached hydrogens (primary N) is 1. The predicted molar refractivity (Wildman–Crippen MR) is 55.5 cm³/mol. The van der Waals surface area contributed by atoms with Crippen molar-refractivity contribution < 1.29 is 26.3 Å². The van der Waals surface area contributed by atoms with E-state index in [0.717, 1.165) is 12.8 Å². The van der Waals surface area contributed by atoms with Crippen LogP contribution in [0.1, 0.15) is 39.0 Å². The summed E-state index contributed by atoms with van der Waals surface area (Å²) in [6, 6.07) is -1.83.